The monoisotopic (exact) mass is 468 g/mol. The van der Waals surface area contributed by atoms with Gasteiger partial charge in [-0.05, 0) is 44.0 Å². The topological polar surface area (TPSA) is 92.0 Å². The van der Waals surface area contributed by atoms with Crippen LogP contribution >= 0.6 is 0 Å². The van der Waals surface area contributed by atoms with E-state index in [4.69, 9.17) is 19.1 Å². The molecule has 2 saturated heterocycles. The van der Waals surface area contributed by atoms with Gasteiger partial charge in [0.05, 0.1) is 12.5 Å². The Morgan fingerprint density at radius 1 is 1.15 bits per heavy atom. The Morgan fingerprint density at radius 3 is 2.33 bits per heavy atom. The van der Waals surface area contributed by atoms with Crippen molar-refractivity contribution in [1.29, 1.82) is 0 Å². The zero-order valence-corrected chi connectivity index (χ0v) is 18.2. The predicted octanol–water partition coefficient (Wildman–Crippen LogP) is 4.09. The quantitative estimate of drug-likeness (QED) is 0.703. The fourth-order valence-electron chi connectivity index (χ4n) is 4.38. The zero-order chi connectivity index (χ0) is 24.1. The highest BCUT2D eigenvalue weighted by molar-refractivity contribution is 5.93. The number of rotatable bonds is 4. The van der Waals surface area contributed by atoms with Crippen LogP contribution in [0.1, 0.15) is 24.4 Å². The molecule has 180 valence electrons. The summed E-state index contributed by atoms with van der Waals surface area (Å²) in [5.74, 6) is -0.765. The van der Waals surface area contributed by atoms with Crippen LogP contribution in [-0.2, 0) is 20.9 Å². The van der Waals surface area contributed by atoms with E-state index in [1.807, 2.05) is 49.4 Å². The number of benzene rings is 1. The van der Waals surface area contributed by atoms with E-state index in [1.54, 1.807) is 0 Å². The summed E-state index contributed by atoms with van der Waals surface area (Å²) in [6, 6.07) is 13.7. The van der Waals surface area contributed by atoms with Gasteiger partial charge in [-0.1, -0.05) is 18.2 Å². The van der Waals surface area contributed by atoms with Crippen molar-refractivity contribution >= 4 is 17.6 Å². The number of furan rings is 1. The summed E-state index contributed by atoms with van der Waals surface area (Å²) >= 11 is 0. The molecule has 2 aromatic rings. The first-order valence-corrected chi connectivity index (χ1v) is 10.6. The Kier molecular flexibility index (Phi) is 7.80. The van der Waals surface area contributed by atoms with Crippen molar-refractivity contribution in [3.63, 3.8) is 0 Å². The van der Waals surface area contributed by atoms with Crippen LogP contribution in [0.2, 0.25) is 0 Å². The van der Waals surface area contributed by atoms with E-state index in [-0.39, 0.29) is 17.2 Å². The van der Waals surface area contributed by atoms with Gasteiger partial charge in [0, 0.05) is 37.4 Å². The highest BCUT2D eigenvalue weighted by Crippen LogP contribution is 2.45. The average molecular weight is 468 g/mol. The first-order chi connectivity index (χ1) is 15.6. The molecule has 1 atom stereocenters. The number of anilines is 1. The SMILES string of the molecule is Cc1ccc(CN2CC(C(=O)Nc3ccccc3)C3(CCOCC3)C2)o1.O=C(O)C(F)(F)F. The van der Waals surface area contributed by atoms with Crippen LogP contribution in [0, 0.1) is 18.3 Å². The van der Waals surface area contributed by atoms with Crippen molar-refractivity contribution in [2.75, 3.05) is 31.6 Å². The number of nitrogens with one attached hydrogen (secondary N) is 1. The molecule has 1 spiro atoms. The molecule has 7 nitrogen and oxygen atoms in total. The molecular weight excluding hydrogens is 441 g/mol. The number of halogens is 3. The van der Waals surface area contributed by atoms with Gasteiger partial charge in [0.25, 0.3) is 0 Å². The molecule has 1 aromatic carbocycles. The standard InChI is InChI=1S/C21H26N2O3.C2HF3O2/c1-16-7-8-18(26-16)13-23-14-19(21(15-23)9-11-25-12-10-21)20(24)22-17-5-3-2-4-6-17;3-2(4,5)1(6)7/h2-8,19H,9-15H2,1H3,(H,22,24);(H,6,7). The minimum Gasteiger partial charge on any atom is -0.475 e. The van der Waals surface area contributed by atoms with Crippen LogP contribution in [0.15, 0.2) is 46.9 Å². The second-order valence-electron chi connectivity index (χ2n) is 8.37. The van der Waals surface area contributed by atoms with Gasteiger partial charge in [0.1, 0.15) is 11.5 Å². The smallest absolute Gasteiger partial charge is 0.475 e. The lowest BCUT2D eigenvalue weighted by Crippen LogP contribution is -2.42. The number of likely N-dealkylation sites (tertiary alicyclic amines) is 1. The van der Waals surface area contributed by atoms with Crippen molar-refractivity contribution in [3.05, 3.63) is 54.0 Å². The Bertz CT molecular complexity index is 939. The molecule has 1 aromatic heterocycles. The fourth-order valence-corrected chi connectivity index (χ4v) is 4.38. The number of aryl methyl sites for hydroxylation is 1. The number of amides is 1. The summed E-state index contributed by atoms with van der Waals surface area (Å²) in [7, 11) is 0. The lowest BCUT2D eigenvalue weighted by molar-refractivity contribution is -0.192. The van der Waals surface area contributed by atoms with Crippen LogP contribution in [0.5, 0.6) is 0 Å². The maximum Gasteiger partial charge on any atom is 0.490 e. The number of alkyl halides is 3. The van der Waals surface area contributed by atoms with E-state index < -0.39 is 12.1 Å². The van der Waals surface area contributed by atoms with E-state index in [1.165, 1.54) is 0 Å². The molecule has 10 heteroatoms. The minimum atomic E-state index is -5.08. The number of carbonyl (C=O) groups is 2. The predicted molar refractivity (Wildman–Crippen MR) is 113 cm³/mol. The van der Waals surface area contributed by atoms with E-state index in [2.05, 4.69) is 10.2 Å². The van der Waals surface area contributed by atoms with Crippen molar-refractivity contribution in [3.8, 4) is 0 Å². The minimum absolute atomic E-state index is 0.00124. The third kappa shape index (κ3) is 6.58. The molecule has 2 fully saturated rings. The highest BCUT2D eigenvalue weighted by Gasteiger charge is 2.50. The summed E-state index contributed by atoms with van der Waals surface area (Å²) in [5.41, 5.74) is 0.860. The Labute approximate surface area is 189 Å². The molecule has 1 unspecified atom stereocenters. The second kappa shape index (κ2) is 10.4. The van der Waals surface area contributed by atoms with Crippen LogP contribution in [0.25, 0.3) is 0 Å². The highest BCUT2D eigenvalue weighted by atomic mass is 19.4. The summed E-state index contributed by atoms with van der Waals surface area (Å²) < 4.78 is 43.1. The molecule has 0 aliphatic carbocycles. The number of aliphatic carboxylic acids is 1. The number of hydrogen-bond acceptors (Lipinski definition) is 5. The molecule has 4 rings (SSSR count). The van der Waals surface area contributed by atoms with E-state index in [9.17, 15) is 18.0 Å². The molecule has 2 N–H and O–H groups in total. The van der Waals surface area contributed by atoms with Gasteiger partial charge in [-0.2, -0.15) is 13.2 Å². The number of para-hydroxylation sites is 1. The molecule has 33 heavy (non-hydrogen) atoms. The second-order valence-corrected chi connectivity index (χ2v) is 8.37. The van der Waals surface area contributed by atoms with Crippen molar-refractivity contribution in [1.82, 2.24) is 4.90 Å². The lowest BCUT2D eigenvalue weighted by atomic mass is 9.71. The summed E-state index contributed by atoms with van der Waals surface area (Å²) in [4.78, 5) is 24.3. The van der Waals surface area contributed by atoms with Gasteiger partial charge in [-0.25, -0.2) is 4.79 Å². The normalized spacial score (nSPS) is 20.2. The van der Waals surface area contributed by atoms with Crippen LogP contribution in [0.4, 0.5) is 18.9 Å². The number of hydrogen-bond donors (Lipinski definition) is 2. The summed E-state index contributed by atoms with van der Waals surface area (Å²) in [5, 5.41) is 10.2. The van der Waals surface area contributed by atoms with Crippen molar-refractivity contribution in [2.45, 2.75) is 32.5 Å². The molecule has 2 aliphatic heterocycles. The third-order valence-corrected chi connectivity index (χ3v) is 5.98. The number of carboxylic acid groups (broad SMARTS) is 1. The number of carbonyl (C=O) groups excluding carboxylic acids is 1. The molecular formula is C23H27F3N2O5. The Balaban J connectivity index is 0.000000383. The maximum atomic E-state index is 13.1. The fraction of sp³-hybridized carbons (Fsp3) is 0.478. The summed E-state index contributed by atoms with van der Waals surface area (Å²) in [6.07, 6.45) is -3.21. The average Bonchev–Trinajstić information content (AvgIpc) is 3.32. The van der Waals surface area contributed by atoms with E-state index in [0.717, 1.165) is 62.9 Å². The van der Waals surface area contributed by atoms with E-state index in [0.29, 0.717) is 0 Å². The van der Waals surface area contributed by atoms with Gasteiger partial charge in [0.15, 0.2) is 0 Å². The van der Waals surface area contributed by atoms with Crippen LogP contribution in [-0.4, -0.2) is 54.4 Å². The number of ether oxygens (including phenoxy) is 1. The number of nitrogens with zero attached hydrogens (tertiary/aromatic N) is 1. The first kappa shape index (κ1) is 24.8. The van der Waals surface area contributed by atoms with E-state index >= 15 is 0 Å². The molecule has 2 aliphatic rings. The Hall–Kier alpha value is -2.85. The zero-order valence-electron chi connectivity index (χ0n) is 18.2. The van der Waals surface area contributed by atoms with Crippen LogP contribution in [0.3, 0.4) is 0 Å². The van der Waals surface area contributed by atoms with Crippen molar-refractivity contribution in [2.24, 2.45) is 11.3 Å². The molecule has 1 amide bonds. The largest absolute Gasteiger partial charge is 0.490 e. The molecule has 0 saturated carbocycles. The third-order valence-electron chi connectivity index (χ3n) is 5.98. The lowest BCUT2D eigenvalue weighted by Gasteiger charge is -2.37. The van der Waals surface area contributed by atoms with Crippen LogP contribution < -0.4 is 5.32 Å². The van der Waals surface area contributed by atoms with Gasteiger partial charge in [-0.15, -0.1) is 0 Å². The van der Waals surface area contributed by atoms with Gasteiger partial charge >= 0.3 is 12.1 Å². The molecule has 0 radical (unpaired) electrons. The first-order valence-electron chi connectivity index (χ1n) is 10.6. The summed E-state index contributed by atoms with van der Waals surface area (Å²) in [6.45, 7) is 5.88. The van der Waals surface area contributed by atoms with Crippen molar-refractivity contribution < 1.29 is 37.0 Å². The Morgan fingerprint density at radius 2 is 1.79 bits per heavy atom. The van der Waals surface area contributed by atoms with Gasteiger partial charge in [-0.3, -0.25) is 9.69 Å². The van der Waals surface area contributed by atoms with Gasteiger partial charge < -0.3 is 19.6 Å². The molecule has 3 heterocycles. The maximum absolute atomic E-state index is 13.1. The molecule has 0 bridgehead atoms. The van der Waals surface area contributed by atoms with Gasteiger partial charge in [0.2, 0.25) is 5.91 Å². The number of carboxylic acids is 1.